The summed E-state index contributed by atoms with van der Waals surface area (Å²) in [7, 11) is 1.96. The maximum absolute atomic E-state index is 4.63. The van der Waals surface area contributed by atoms with E-state index in [1.54, 1.807) is 0 Å². The van der Waals surface area contributed by atoms with Crippen LogP contribution in [0.25, 0.3) is 0 Å². The zero-order valence-corrected chi connectivity index (χ0v) is 16.5. The Morgan fingerprint density at radius 2 is 2.08 bits per heavy atom. The molecule has 1 atom stereocenters. The average molecular weight is 350 g/mol. The largest absolute Gasteiger partial charge is 0.354 e. The molecule has 0 bridgehead atoms. The van der Waals surface area contributed by atoms with Crippen LogP contribution in [-0.2, 0) is 13.6 Å². The summed E-state index contributed by atoms with van der Waals surface area (Å²) in [4.78, 5) is 7.09. The molecule has 1 aromatic heterocycles. The first kappa shape index (κ1) is 21.2. The molecule has 2 N–H and O–H groups in total. The number of aryl methyl sites for hydroxylation is 1. The standard InChI is InChI=1S/C18H35N7/c1-7-12-19-18(20-14-17-23-22-16(5)24(17)6)21-15(4)11-10-13-25(8-2)9-3/h7,15H,1,8-14H2,2-6H3,(H2,19,20,21). The molecule has 0 radical (unpaired) electrons. The predicted octanol–water partition coefficient (Wildman–Crippen LogP) is 1.86. The van der Waals surface area contributed by atoms with Gasteiger partial charge in [0.05, 0.1) is 0 Å². The Balaban J connectivity index is 2.54. The summed E-state index contributed by atoms with van der Waals surface area (Å²) in [6.07, 6.45) is 4.11. The smallest absolute Gasteiger partial charge is 0.192 e. The van der Waals surface area contributed by atoms with Gasteiger partial charge in [-0.1, -0.05) is 19.9 Å². The van der Waals surface area contributed by atoms with Gasteiger partial charge in [-0.05, 0) is 46.3 Å². The topological polar surface area (TPSA) is 70.4 Å². The molecular formula is C18H35N7. The third kappa shape index (κ3) is 7.69. The molecule has 0 saturated carbocycles. The van der Waals surface area contributed by atoms with Crippen LogP contribution in [0.4, 0.5) is 0 Å². The lowest BCUT2D eigenvalue weighted by atomic mass is 10.2. The molecule has 7 nitrogen and oxygen atoms in total. The van der Waals surface area contributed by atoms with E-state index >= 15 is 0 Å². The number of nitrogens with zero attached hydrogens (tertiary/aromatic N) is 5. The maximum atomic E-state index is 4.63. The number of aromatic nitrogens is 3. The molecule has 1 aromatic rings. The molecule has 0 aliphatic carbocycles. The molecule has 0 aliphatic heterocycles. The Morgan fingerprint density at radius 1 is 1.36 bits per heavy atom. The summed E-state index contributed by atoms with van der Waals surface area (Å²) >= 11 is 0. The van der Waals surface area contributed by atoms with Crippen molar-refractivity contribution in [3.63, 3.8) is 0 Å². The van der Waals surface area contributed by atoms with Gasteiger partial charge in [0.2, 0.25) is 0 Å². The Morgan fingerprint density at radius 3 is 2.64 bits per heavy atom. The minimum absolute atomic E-state index is 0.355. The van der Waals surface area contributed by atoms with Crippen molar-refractivity contribution in [3.8, 4) is 0 Å². The zero-order valence-electron chi connectivity index (χ0n) is 16.5. The fourth-order valence-electron chi connectivity index (χ4n) is 2.53. The number of nitrogens with one attached hydrogen (secondary N) is 2. The van der Waals surface area contributed by atoms with E-state index in [1.165, 1.54) is 6.42 Å². The van der Waals surface area contributed by atoms with Crippen molar-refractivity contribution in [2.45, 2.75) is 53.1 Å². The van der Waals surface area contributed by atoms with E-state index in [-0.39, 0.29) is 0 Å². The first-order chi connectivity index (χ1) is 12.0. The van der Waals surface area contributed by atoms with Crippen molar-refractivity contribution >= 4 is 5.96 Å². The number of guanidine groups is 1. The summed E-state index contributed by atoms with van der Waals surface area (Å²) in [5.41, 5.74) is 0. The molecule has 25 heavy (non-hydrogen) atoms. The highest BCUT2D eigenvalue weighted by molar-refractivity contribution is 5.80. The number of aliphatic imine (C=N–C) groups is 1. The normalized spacial score (nSPS) is 13.1. The summed E-state index contributed by atoms with van der Waals surface area (Å²) in [6.45, 7) is 16.9. The summed E-state index contributed by atoms with van der Waals surface area (Å²) in [5.74, 6) is 2.53. The Hall–Kier alpha value is -1.89. The zero-order chi connectivity index (χ0) is 18.7. The van der Waals surface area contributed by atoms with Gasteiger partial charge >= 0.3 is 0 Å². The van der Waals surface area contributed by atoms with Gasteiger partial charge in [0, 0.05) is 19.6 Å². The minimum atomic E-state index is 0.355. The van der Waals surface area contributed by atoms with Crippen LogP contribution in [0.3, 0.4) is 0 Å². The molecule has 0 saturated heterocycles. The molecule has 1 unspecified atom stereocenters. The summed E-state index contributed by atoms with van der Waals surface area (Å²) < 4.78 is 1.96. The van der Waals surface area contributed by atoms with Crippen LogP contribution in [0.5, 0.6) is 0 Å². The Kier molecular flexibility index (Phi) is 9.84. The molecule has 0 aliphatic rings. The molecule has 7 heteroatoms. The van der Waals surface area contributed by atoms with Crippen LogP contribution in [0.1, 0.15) is 45.3 Å². The van der Waals surface area contributed by atoms with E-state index in [0.717, 1.165) is 43.7 Å². The Labute approximate surface area is 152 Å². The molecular weight excluding hydrogens is 314 g/mol. The van der Waals surface area contributed by atoms with E-state index < -0.39 is 0 Å². The summed E-state index contributed by atoms with van der Waals surface area (Å²) in [5, 5.41) is 15.0. The highest BCUT2D eigenvalue weighted by Crippen LogP contribution is 2.01. The van der Waals surface area contributed by atoms with Crippen molar-refractivity contribution in [3.05, 3.63) is 24.3 Å². The average Bonchev–Trinajstić information content (AvgIpc) is 2.93. The van der Waals surface area contributed by atoms with Crippen LogP contribution < -0.4 is 10.6 Å². The quantitative estimate of drug-likeness (QED) is 0.362. The lowest BCUT2D eigenvalue weighted by Crippen LogP contribution is -2.42. The lowest BCUT2D eigenvalue weighted by molar-refractivity contribution is 0.292. The highest BCUT2D eigenvalue weighted by atomic mass is 15.3. The van der Waals surface area contributed by atoms with E-state index in [4.69, 9.17) is 0 Å². The van der Waals surface area contributed by atoms with Crippen LogP contribution >= 0.6 is 0 Å². The minimum Gasteiger partial charge on any atom is -0.354 e. The van der Waals surface area contributed by atoms with Gasteiger partial charge in [-0.25, -0.2) is 4.99 Å². The number of hydrogen-bond acceptors (Lipinski definition) is 4. The maximum Gasteiger partial charge on any atom is 0.192 e. The van der Waals surface area contributed by atoms with E-state index in [2.05, 4.69) is 58.1 Å². The molecule has 1 rings (SSSR count). The van der Waals surface area contributed by atoms with Crippen molar-refractivity contribution in [2.24, 2.45) is 12.0 Å². The fraction of sp³-hybridized carbons (Fsp3) is 0.722. The van der Waals surface area contributed by atoms with Gasteiger partial charge in [0.1, 0.15) is 12.4 Å². The number of rotatable bonds is 11. The van der Waals surface area contributed by atoms with Crippen LogP contribution in [0.2, 0.25) is 0 Å². The third-order valence-corrected chi connectivity index (χ3v) is 4.36. The van der Waals surface area contributed by atoms with Crippen molar-refractivity contribution in [2.75, 3.05) is 26.2 Å². The van der Waals surface area contributed by atoms with Crippen LogP contribution in [-0.4, -0.2) is 57.8 Å². The van der Waals surface area contributed by atoms with Gasteiger partial charge in [-0.15, -0.1) is 16.8 Å². The van der Waals surface area contributed by atoms with Gasteiger partial charge in [-0.2, -0.15) is 0 Å². The van der Waals surface area contributed by atoms with Crippen molar-refractivity contribution < 1.29 is 0 Å². The molecule has 142 valence electrons. The highest BCUT2D eigenvalue weighted by Gasteiger charge is 2.08. The molecule has 0 amide bonds. The Bertz CT molecular complexity index is 532. The SMILES string of the molecule is C=CCNC(=NCc1nnc(C)n1C)NC(C)CCCN(CC)CC. The lowest BCUT2D eigenvalue weighted by Gasteiger charge is -2.21. The first-order valence-corrected chi connectivity index (χ1v) is 9.24. The molecule has 0 spiro atoms. The first-order valence-electron chi connectivity index (χ1n) is 9.24. The van der Waals surface area contributed by atoms with Crippen LogP contribution in [0, 0.1) is 6.92 Å². The summed E-state index contributed by atoms with van der Waals surface area (Å²) in [6, 6.07) is 0.355. The number of hydrogen-bond donors (Lipinski definition) is 2. The predicted molar refractivity (Wildman–Crippen MR) is 105 cm³/mol. The van der Waals surface area contributed by atoms with Gasteiger partial charge in [0.15, 0.2) is 11.8 Å². The third-order valence-electron chi connectivity index (χ3n) is 4.36. The second kappa shape index (κ2) is 11.6. The second-order valence-electron chi connectivity index (χ2n) is 6.27. The van der Waals surface area contributed by atoms with Gasteiger partial charge < -0.3 is 20.1 Å². The van der Waals surface area contributed by atoms with E-state index in [9.17, 15) is 0 Å². The van der Waals surface area contributed by atoms with Crippen LogP contribution in [0.15, 0.2) is 17.6 Å². The monoisotopic (exact) mass is 349 g/mol. The van der Waals surface area contributed by atoms with Crippen molar-refractivity contribution in [1.82, 2.24) is 30.3 Å². The molecule has 1 heterocycles. The van der Waals surface area contributed by atoms with Crippen molar-refractivity contribution in [1.29, 1.82) is 0 Å². The fourth-order valence-corrected chi connectivity index (χ4v) is 2.53. The molecule has 0 fully saturated rings. The second-order valence-corrected chi connectivity index (χ2v) is 6.27. The van der Waals surface area contributed by atoms with Gasteiger partial charge in [-0.3, -0.25) is 0 Å². The van der Waals surface area contributed by atoms with E-state index in [1.807, 2.05) is 24.6 Å². The molecule has 0 aromatic carbocycles. The van der Waals surface area contributed by atoms with E-state index in [0.29, 0.717) is 19.1 Å². The van der Waals surface area contributed by atoms with Gasteiger partial charge in [0.25, 0.3) is 0 Å².